The molecule has 6 nitrogen and oxygen atoms in total. The summed E-state index contributed by atoms with van der Waals surface area (Å²) in [5.41, 5.74) is -0.0413. The fraction of sp³-hybridized carbons (Fsp3) is 0.375. The number of ether oxygens (including phenoxy) is 4. The molecule has 0 aliphatic rings. The van der Waals surface area contributed by atoms with E-state index >= 15 is 9.59 Å². The first kappa shape index (κ1) is 30.2. The third-order valence-corrected chi connectivity index (χ3v) is 10.9. The van der Waals surface area contributed by atoms with E-state index in [4.69, 9.17) is 18.9 Å². The van der Waals surface area contributed by atoms with Crippen molar-refractivity contribution in [1.29, 1.82) is 0 Å². The van der Waals surface area contributed by atoms with Crippen molar-refractivity contribution in [2.24, 2.45) is 11.3 Å². The van der Waals surface area contributed by atoms with Gasteiger partial charge >= 0.3 is 11.0 Å². The molecule has 0 heterocycles. The summed E-state index contributed by atoms with van der Waals surface area (Å²) in [5.74, 6) is 1.50. The van der Waals surface area contributed by atoms with E-state index in [9.17, 15) is 0 Å². The van der Waals surface area contributed by atoms with Crippen molar-refractivity contribution in [2.45, 2.75) is 34.1 Å². The highest BCUT2D eigenvalue weighted by Gasteiger charge is 2.60. The summed E-state index contributed by atoms with van der Waals surface area (Å²) in [4.78, 5) is 30.3. The second kappa shape index (κ2) is 12.7. The Bertz CT molecular complexity index is 1180. The Labute approximate surface area is 233 Å². The SMILES string of the molecule is COc1cccc(OC)c1C(=O)[P+](CC(C)CC(C)(C)C)(C(=O)c1c(OC)cccc1OC)c1ccccc1. The predicted molar refractivity (Wildman–Crippen MR) is 159 cm³/mol. The van der Waals surface area contributed by atoms with Crippen LogP contribution >= 0.6 is 7.26 Å². The molecule has 0 radical (unpaired) electrons. The van der Waals surface area contributed by atoms with E-state index in [1.54, 1.807) is 36.4 Å². The van der Waals surface area contributed by atoms with Gasteiger partial charge in [-0.2, -0.15) is 0 Å². The second-order valence-corrected chi connectivity index (χ2v) is 14.2. The molecule has 0 amide bonds. The standard InChI is InChI=1S/C32H40O6P/c1-22(20-32(2,3)4)21-39(23-14-10-9-11-15-23,30(33)28-24(35-5)16-12-17-25(28)36-6)31(34)29-26(37-7)18-13-19-27(29)38-8/h9-19,22H,20-21H2,1-8H3/q+1. The maximum absolute atomic E-state index is 15.1. The average Bonchev–Trinajstić information content (AvgIpc) is 2.93. The monoisotopic (exact) mass is 551 g/mol. The normalized spacial score (nSPS) is 12.4. The van der Waals surface area contributed by atoms with Crippen LogP contribution in [0.5, 0.6) is 23.0 Å². The zero-order chi connectivity index (χ0) is 28.8. The lowest BCUT2D eigenvalue weighted by molar-refractivity contribution is 0.104. The summed E-state index contributed by atoms with van der Waals surface area (Å²) in [6.07, 6.45) is 1.20. The van der Waals surface area contributed by atoms with Crippen LogP contribution in [-0.4, -0.2) is 45.6 Å². The lowest BCUT2D eigenvalue weighted by atomic mass is 9.86. The third-order valence-electron chi connectivity index (χ3n) is 6.72. The molecule has 208 valence electrons. The van der Waals surface area contributed by atoms with Crippen molar-refractivity contribution in [3.05, 3.63) is 77.9 Å². The van der Waals surface area contributed by atoms with Gasteiger partial charge in [-0.3, -0.25) is 0 Å². The number of carbonyl (C=O) groups excluding carboxylic acids is 2. The Morgan fingerprint density at radius 1 is 0.667 bits per heavy atom. The van der Waals surface area contributed by atoms with E-state index in [-0.39, 0.29) is 33.5 Å². The van der Waals surface area contributed by atoms with E-state index in [1.165, 1.54) is 28.4 Å². The number of benzene rings is 3. The minimum absolute atomic E-state index is 0.00210. The molecule has 3 aromatic carbocycles. The molecular formula is C32H40O6P+. The summed E-state index contributed by atoms with van der Waals surface area (Å²) in [7, 11) is 2.69. The molecule has 0 spiro atoms. The van der Waals surface area contributed by atoms with Crippen molar-refractivity contribution < 1.29 is 28.5 Å². The first-order chi connectivity index (χ1) is 18.5. The Balaban J connectivity index is 2.45. The number of rotatable bonds is 12. The molecule has 0 fully saturated rings. The largest absolute Gasteiger partial charge is 0.496 e. The highest BCUT2D eigenvalue weighted by molar-refractivity contribution is 8.10. The van der Waals surface area contributed by atoms with Crippen molar-refractivity contribution in [3.8, 4) is 23.0 Å². The van der Waals surface area contributed by atoms with Crippen LogP contribution in [0.1, 0.15) is 54.8 Å². The molecule has 0 N–H and O–H groups in total. The van der Waals surface area contributed by atoms with Crippen molar-refractivity contribution in [1.82, 2.24) is 0 Å². The Kier molecular flexibility index (Phi) is 9.79. The van der Waals surface area contributed by atoms with Crippen LogP contribution in [0.3, 0.4) is 0 Å². The van der Waals surface area contributed by atoms with Crippen molar-refractivity contribution in [2.75, 3.05) is 34.6 Å². The molecule has 39 heavy (non-hydrogen) atoms. The van der Waals surface area contributed by atoms with Gasteiger partial charge in [0, 0.05) is 0 Å². The van der Waals surface area contributed by atoms with Crippen LogP contribution < -0.4 is 24.3 Å². The Morgan fingerprint density at radius 2 is 1.05 bits per heavy atom. The first-order valence-corrected chi connectivity index (χ1v) is 15.0. The summed E-state index contributed by atoms with van der Waals surface area (Å²) in [6, 6.07) is 19.8. The molecule has 3 rings (SSSR count). The molecule has 1 atom stereocenters. The minimum atomic E-state index is -3.37. The predicted octanol–water partition coefficient (Wildman–Crippen LogP) is 7.12. The molecule has 0 saturated heterocycles. The van der Waals surface area contributed by atoms with Gasteiger partial charge in [-0.15, -0.1) is 0 Å². The molecule has 0 bridgehead atoms. The van der Waals surface area contributed by atoms with Crippen molar-refractivity contribution in [3.63, 3.8) is 0 Å². The molecular weight excluding hydrogens is 511 g/mol. The lowest BCUT2D eigenvalue weighted by Crippen LogP contribution is -2.32. The van der Waals surface area contributed by atoms with E-state index in [0.717, 1.165) is 6.42 Å². The van der Waals surface area contributed by atoms with Crippen LogP contribution in [0, 0.1) is 11.3 Å². The zero-order valence-corrected chi connectivity index (χ0v) is 25.1. The van der Waals surface area contributed by atoms with Crippen LogP contribution in [0.25, 0.3) is 0 Å². The van der Waals surface area contributed by atoms with Crippen LogP contribution in [0.2, 0.25) is 0 Å². The van der Waals surface area contributed by atoms with Crippen LogP contribution in [-0.2, 0) is 0 Å². The fourth-order valence-electron chi connectivity index (χ4n) is 5.36. The van der Waals surface area contributed by atoms with Gasteiger partial charge in [0.05, 0.1) is 34.6 Å². The van der Waals surface area contributed by atoms with Gasteiger partial charge in [0.25, 0.3) is 0 Å². The second-order valence-electron chi connectivity index (χ2n) is 10.9. The van der Waals surface area contributed by atoms with Crippen LogP contribution in [0.4, 0.5) is 0 Å². The van der Waals surface area contributed by atoms with Gasteiger partial charge < -0.3 is 18.9 Å². The molecule has 1 unspecified atom stereocenters. The van der Waals surface area contributed by atoms with Crippen molar-refractivity contribution >= 4 is 23.6 Å². The highest BCUT2D eigenvalue weighted by Crippen LogP contribution is 2.66. The quantitative estimate of drug-likeness (QED) is 0.223. The summed E-state index contributed by atoms with van der Waals surface area (Å²) in [5, 5.41) is 0.696. The number of hydrogen-bond donors (Lipinski definition) is 0. The third kappa shape index (κ3) is 6.28. The number of hydrogen-bond acceptors (Lipinski definition) is 6. The van der Waals surface area contributed by atoms with Gasteiger partial charge in [-0.1, -0.05) is 58.0 Å². The average molecular weight is 552 g/mol. The molecule has 0 saturated carbocycles. The Hall–Kier alpha value is -3.37. The summed E-state index contributed by atoms with van der Waals surface area (Å²) < 4.78 is 22.6. The molecule has 3 aromatic rings. The van der Waals surface area contributed by atoms with Gasteiger partial charge in [0.2, 0.25) is 0 Å². The molecule has 0 aliphatic carbocycles. The molecule has 7 heteroatoms. The summed E-state index contributed by atoms with van der Waals surface area (Å²) >= 11 is 0. The van der Waals surface area contributed by atoms with Gasteiger partial charge in [0.1, 0.15) is 39.4 Å². The number of methoxy groups -OCH3 is 4. The maximum Gasteiger partial charge on any atom is 0.319 e. The van der Waals surface area contributed by atoms with Gasteiger partial charge in [-0.25, -0.2) is 9.59 Å². The van der Waals surface area contributed by atoms with E-state index in [0.29, 0.717) is 34.5 Å². The first-order valence-electron chi connectivity index (χ1n) is 13.0. The topological polar surface area (TPSA) is 71.1 Å². The highest BCUT2D eigenvalue weighted by atomic mass is 31.2. The lowest BCUT2D eigenvalue weighted by Gasteiger charge is -2.30. The van der Waals surface area contributed by atoms with E-state index in [1.807, 2.05) is 30.3 Å². The van der Waals surface area contributed by atoms with Gasteiger partial charge in [0.15, 0.2) is 7.26 Å². The fourth-order valence-corrected chi connectivity index (χ4v) is 9.51. The van der Waals surface area contributed by atoms with E-state index in [2.05, 4.69) is 27.7 Å². The zero-order valence-electron chi connectivity index (χ0n) is 24.2. The summed E-state index contributed by atoms with van der Waals surface area (Å²) in [6.45, 7) is 8.62. The maximum atomic E-state index is 15.1. The number of carbonyl (C=O) groups is 2. The Morgan fingerprint density at radius 3 is 1.38 bits per heavy atom. The molecule has 0 aromatic heterocycles. The van der Waals surface area contributed by atoms with Gasteiger partial charge in [-0.05, 0) is 54.2 Å². The smallest absolute Gasteiger partial charge is 0.319 e. The van der Waals surface area contributed by atoms with E-state index < -0.39 is 7.26 Å². The van der Waals surface area contributed by atoms with Crippen LogP contribution in [0.15, 0.2) is 66.7 Å². The minimum Gasteiger partial charge on any atom is -0.496 e. The molecule has 0 aliphatic heterocycles.